The second kappa shape index (κ2) is 7.36. The highest BCUT2D eigenvalue weighted by Crippen LogP contribution is 2.13. The molecule has 6 nitrogen and oxygen atoms in total. The van der Waals surface area contributed by atoms with Gasteiger partial charge in [-0.1, -0.05) is 48.5 Å². The van der Waals surface area contributed by atoms with Gasteiger partial charge in [-0.15, -0.1) is 0 Å². The van der Waals surface area contributed by atoms with Crippen molar-refractivity contribution in [2.45, 2.75) is 6.54 Å². The molecule has 6 heteroatoms. The highest BCUT2D eigenvalue weighted by atomic mass is 16.4. The number of carbonyl (C=O) groups excluding carboxylic acids is 1. The number of rotatable bonds is 4. The van der Waals surface area contributed by atoms with Crippen LogP contribution >= 0.6 is 0 Å². The van der Waals surface area contributed by atoms with Gasteiger partial charge < -0.3 is 14.3 Å². The van der Waals surface area contributed by atoms with E-state index in [1.54, 1.807) is 42.6 Å². The summed E-state index contributed by atoms with van der Waals surface area (Å²) in [4.78, 5) is 37.4. The van der Waals surface area contributed by atoms with Crippen molar-refractivity contribution >= 4 is 22.6 Å². The second-order valence-electron chi connectivity index (χ2n) is 6.28. The molecule has 0 unspecified atom stereocenters. The van der Waals surface area contributed by atoms with Crippen LogP contribution in [0.5, 0.6) is 0 Å². The van der Waals surface area contributed by atoms with Crippen molar-refractivity contribution in [2.24, 2.45) is 0 Å². The van der Waals surface area contributed by atoms with Gasteiger partial charge in [0.2, 0.25) is 0 Å². The summed E-state index contributed by atoms with van der Waals surface area (Å²) in [5.41, 5.74) is 0.459. The fourth-order valence-electron chi connectivity index (χ4n) is 2.93. The first kappa shape index (κ1) is 17.5. The van der Waals surface area contributed by atoms with Crippen molar-refractivity contribution in [3.8, 4) is 0 Å². The van der Waals surface area contributed by atoms with E-state index in [0.29, 0.717) is 12.1 Å². The molecular weight excluding hydrogens is 356 g/mol. The molecule has 0 saturated carbocycles. The van der Waals surface area contributed by atoms with Gasteiger partial charge >= 0.3 is 5.63 Å². The average Bonchev–Trinajstić information content (AvgIpc) is 2.72. The number of hydrogen-bond donors (Lipinski definition) is 1. The monoisotopic (exact) mass is 372 g/mol. The van der Waals surface area contributed by atoms with Gasteiger partial charge in [0.1, 0.15) is 11.3 Å². The summed E-state index contributed by atoms with van der Waals surface area (Å²) in [5, 5.41) is 2.75. The van der Waals surface area contributed by atoms with E-state index in [-0.39, 0.29) is 22.2 Å². The number of nitrogens with one attached hydrogen (secondary N) is 1. The Bertz CT molecular complexity index is 1260. The fourth-order valence-corrected chi connectivity index (χ4v) is 2.93. The second-order valence-corrected chi connectivity index (χ2v) is 6.28. The number of pyridine rings is 1. The lowest BCUT2D eigenvalue weighted by atomic mass is 10.2. The smallest absolute Gasteiger partial charge is 0.360 e. The minimum atomic E-state index is -0.711. The third-order valence-electron chi connectivity index (χ3n) is 4.35. The summed E-state index contributed by atoms with van der Waals surface area (Å²) in [6, 6.07) is 21.0. The molecule has 0 spiro atoms. The third-order valence-corrected chi connectivity index (χ3v) is 4.35. The number of benzene rings is 2. The molecule has 0 radical (unpaired) electrons. The molecule has 0 aliphatic rings. The maximum absolute atomic E-state index is 12.8. The molecule has 0 aliphatic heterocycles. The Morgan fingerprint density at radius 3 is 2.32 bits per heavy atom. The lowest BCUT2D eigenvalue weighted by Gasteiger charge is -2.08. The molecule has 0 saturated heterocycles. The van der Waals surface area contributed by atoms with Crippen molar-refractivity contribution in [3.63, 3.8) is 0 Å². The van der Waals surface area contributed by atoms with Gasteiger partial charge in [-0.05, 0) is 29.8 Å². The minimum absolute atomic E-state index is 0.0732. The zero-order valence-corrected chi connectivity index (χ0v) is 14.8. The Kier molecular flexibility index (Phi) is 4.60. The highest BCUT2D eigenvalue weighted by Gasteiger charge is 2.13. The van der Waals surface area contributed by atoms with Crippen molar-refractivity contribution in [1.29, 1.82) is 0 Å². The van der Waals surface area contributed by atoms with E-state index >= 15 is 0 Å². The van der Waals surface area contributed by atoms with E-state index in [1.165, 1.54) is 10.6 Å². The zero-order valence-electron chi connectivity index (χ0n) is 14.8. The van der Waals surface area contributed by atoms with Crippen LogP contribution in [0.2, 0.25) is 0 Å². The normalized spacial score (nSPS) is 10.7. The number of carbonyl (C=O) groups is 1. The summed E-state index contributed by atoms with van der Waals surface area (Å²) < 4.78 is 6.76. The Balaban J connectivity index is 1.72. The lowest BCUT2D eigenvalue weighted by Crippen LogP contribution is -2.22. The van der Waals surface area contributed by atoms with Gasteiger partial charge in [-0.2, -0.15) is 0 Å². The van der Waals surface area contributed by atoms with Crippen molar-refractivity contribution in [3.05, 3.63) is 111 Å². The van der Waals surface area contributed by atoms with E-state index < -0.39 is 11.5 Å². The Morgan fingerprint density at radius 2 is 1.61 bits per heavy atom. The zero-order chi connectivity index (χ0) is 19.5. The molecular formula is C22H16N2O4. The molecule has 2 aromatic heterocycles. The number of anilines is 1. The summed E-state index contributed by atoms with van der Waals surface area (Å²) in [7, 11) is 0. The Hall–Kier alpha value is -3.93. The van der Waals surface area contributed by atoms with E-state index in [9.17, 15) is 14.4 Å². The summed E-state index contributed by atoms with van der Waals surface area (Å²) in [6.07, 6.45) is 1.59. The van der Waals surface area contributed by atoms with E-state index in [2.05, 4.69) is 5.32 Å². The van der Waals surface area contributed by atoms with Gasteiger partial charge in [-0.25, -0.2) is 4.79 Å². The Morgan fingerprint density at radius 1 is 0.929 bits per heavy atom. The SMILES string of the molecule is O=C(Nc1cc2c(=O)n(Cc3ccccc3)ccc2oc1=O)c1ccccc1. The topological polar surface area (TPSA) is 81.3 Å². The number of amides is 1. The van der Waals surface area contributed by atoms with Crippen molar-refractivity contribution in [1.82, 2.24) is 4.57 Å². The summed E-state index contributed by atoms with van der Waals surface area (Å²) in [6.45, 7) is 0.389. The van der Waals surface area contributed by atoms with Crippen LogP contribution in [0.4, 0.5) is 5.69 Å². The largest absolute Gasteiger partial charge is 0.421 e. The average molecular weight is 372 g/mol. The van der Waals surface area contributed by atoms with E-state index in [0.717, 1.165) is 5.56 Å². The molecule has 0 atom stereocenters. The van der Waals surface area contributed by atoms with Gasteiger partial charge in [0.15, 0.2) is 0 Å². The maximum atomic E-state index is 12.8. The maximum Gasteiger partial charge on any atom is 0.360 e. The van der Waals surface area contributed by atoms with Crippen LogP contribution in [0.25, 0.3) is 11.0 Å². The Labute approximate surface area is 159 Å². The number of hydrogen-bond acceptors (Lipinski definition) is 4. The van der Waals surface area contributed by atoms with Crippen LogP contribution in [-0.2, 0) is 6.54 Å². The predicted octanol–water partition coefficient (Wildman–Crippen LogP) is 3.26. The van der Waals surface area contributed by atoms with Crippen LogP contribution in [-0.4, -0.2) is 10.5 Å². The molecule has 2 aromatic carbocycles. The molecule has 2 heterocycles. The molecule has 0 bridgehead atoms. The number of nitrogens with zero attached hydrogens (tertiary/aromatic N) is 1. The molecule has 138 valence electrons. The van der Waals surface area contributed by atoms with Crippen LogP contribution < -0.4 is 16.5 Å². The predicted molar refractivity (Wildman–Crippen MR) is 107 cm³/mol. The van der Waals surface area contributed by atoms with Crippen LogP contribution in [0, 0.1) is 0 Å². The first-order chi connectivity index (χ1) is 13.6. The third kappa shape index (κ3) is 3.48. The van der Waals surface area contributed by atoms with Gasteiger partial charge in [0.05, 0.1) is 11.9 Å². The first-order valence-corrected chi connectivity index (χ1v) is 8.69. The molecule has 0 fully saturated rings. The number of fused-ring (bicyclic) bond motifs is 1. The highest BCUT2D eigenvalue weighted by molar-refractivity contribution is 6.04. The molecule has 4 rings (SSSR count). The quantitative estimate of drug-likeness (QED) is 0.596. The van der Waals surface area contributed by atoms with Crippen molar-refractivity contribution in [2.75, 3.05) is 5.32 Å². The summed E-state index contributed by atoms with van der Waals surface area (Å²) >= 11 is 0. The van der Waals surface area contributed by atoms with Gasteiger partial charge in [-0.3, -0.25) is 9.59 Å². The lowest BCUT2D eigenvalue weighted by molar-refractivity contribution is 0.102. The fraction of sp³-hybridized carbons (Fsp3) is 0.0455. The molecule has 4 aromatic rings. The van der Waals surface area contributed by atoms with Crippen molar-refractivity contribution < 1.29 is 9.21 Å². The van der Waals surface area contributed by atoms with Crippen LogP contribution in [0.1, 0.15) is 15.9 Å². The van der Waals surface area contributed by atoms with Gasteiger partial charge in [0, 0.05) is 11.8 Å². The van der Waals surface area contributed by atoms with Crippen LogP contribution in [0.3, 0.4) is 0 Å². The number of aromatic nitrogens is 1. The van der Waals surface area contributed by atoms with Gasteiger partial charge in [0.25, 0.3) is 11.5 Å². The van der Waals surface area contributed by atoms with Crippen LogP contribution in [0.15, 0.2) is 93.0 Å². The summed E-state index contributed by atoms with van der Waals surface area (Å²) in [5.74, 6) is -0.451. The molecule has 28 heavy (non-hydrogen) atoms. The van der Waals surface area contributed by atoms with E-state index in [1.807, 2.05) is 30.3 Å². The molecule has 1 amide bonds. The molecule has 1 N–H and O–H groups in total. The molecule has 0 aliphatic carbocycles. The minimum Gasteiger partial charge on any atom is -0.421 e. The first-order valence-electron chi connectivity index (χ1n) is 8.69. The van der Waals surface area contributed by atoms with E-state index in [4.69, 9.17) is 4.42 Å². The standard InChI is InChI=1S/C22H16N2O4/c25-20(16-9-5-2-6-10-16)23-18-13-17-19(28-22(18)27)11-12-24(21(17)26)14-15-7-3-1-4-8-15/h1-13H,14H2,(H,23,25).